The standard InChI is InChI=1S/C10H22O7P2.2Na/c1-9(2)5-3-8(4-6-9)7-10(11,18(12,13)14)19(15,16)17;;/h8,11H,3-7H2,1-2H3,(H2,12,13,14)(H2,15,16,17);;/q;2*+1/p-2. The molecule has 1 aliphatic carbocycles. The van der Waals surface area contributed by atoms with E-state index in [2.05, 4.69) is 0 Å². The van der Waals surface area contributed by atoms with Gasteiger partial charge in [-0.15, -0.1) is 0 Å². The molecule has 1 unspecified atom stereocenters. The molecule has 0 aliphatic heterocycles. The van der Waals surface area contributed by atoms with Gasteiger partial charge in [0.1, 0.15) is 0 Å². The van der Waals surface area contributed by atoms with E-state index in [0.29, 0.717) is 12.8 Å². The fourth-order valence-corrected chi connectivity index (χ4v) is 4.69. The van der Waals surface area contributed by atoms with Crippen molar-refractivity contribution >= 4 is 15.2 Å². The summed E-state index contributed by atoms with van der Waals surface area (Å²) in [5.74, 6) is -0.373. The maximum atomic E-state index is 11.2. The van der Waals surface area contributed by atoms with Crippen molar-refractivity contribution < 1.29 is 92.9 Å². The van der Waals surface area contributed by atoms with Crippen LogP contribution >= 0.6 is 15.2 Å². The van der Waals surface area contributed by atoms with Crippen molar-refractivity contribution in [1.82, 2.24) is 0 Å². The van der Waals surface area contributed by atoms with E-state index in [1.165, 1.54) is 0 Å². The van der Waals surface area contributed by atoms with Crippen LogP contribution in [-0.2, 0) is 9.13 Å². The smallest absolute Gasteiger partial charge is 0.808 e. The third kappa shape index (κ3) is 6.58. The molecule has 0 aromatic heterocycles. The Morgan fingerprint density at radius 2 is 1.52 bits per heavy atom. The number of aliphatic hydroxyl groups is 1. The monoisotopic (exact) mass is 360 g/mol. The molecule has 1 atom stereocenters. The van der Waals surface area contributed by atoms with E-state index in [9.17, 15) is 24.0 Å². The van der Waals surface area contributed by atoms with Crippen LogP contribution in [0, 0.1) is 11.3 Å². The van der Waals surface area contributed by atoms with Crippen LogP contribution in [0.2, 0.25) is 0 Å². The first-order valence-corrected chi connectivity index (χ1v) is 9.24. The van der Waals surface area contributed by atoms with Crippen molar-refractivity contribution in [2.45, 2.75) is 51.0 Å². The summed E-state index contributed by atoms with van der Waals surface area (Å²) in [5, 5.41) is 6.24. The summed E-state index contributed by atoms with van der Waals surface area (Å²) in [7, 11) is -11.3. The molecule has 1 aliphatic rings. The molecule has 7 nitrogen and oxygen atoms in total. The van der Waals surface area contributed by atoms with Crippen molar-refractivity contribution in [1.29, 1.82) is 0 Å². The van der Waals surface area contributed by atoms with E-state index in [4.69, 9.17) is 9.79 Å². The second kappa shape index (κ2) is 8.57. The number of hydrogen-bond acceptors (Lipinski definition) is 5. The third-order valence-electron chi connectivity index (χ3n) is 3.93. The minimum absolute atomic E-state index is 0. The van der Waals surface area contributed by atoms with E-state index >= 15 is 0 Å². The van der Waals surface area contributed by atoms with Gasteiger partial charge in [-0.3, -0.25) is 4.57 Å². The Kier molecular flexibility index (Phi) is 10.4. The summed E-state index contributed by atoms with van der Waals surface area (Å²) < 4.78 is 22.2. The quantitative estimate of drug-likeness (QED) is 0.335. The normalized spacial score (nSPS) is 22.6. The van der Waals surface area contributed by atoms with Crippen molar-refractivity contribution in [2.75, 3.05) is 0 Å². The summed E-state index contributed by atoms with van der Waals surface area (Å²) in [5.41, 5.74) is 0.0926. The summed E-state index contributed by atoms with van der Waals surface area (Å²) in [6, 6.07) is 0. The van der Waals surface area contributed by atoms with Crippen LogP contribution in [0.15, 0.2) is 0 Å². The Hall–Kier alpha value is 2.26. The first-order chi connectivity index (χ1) is 8.29. The molecular weight excluding hydrogens is 340 g/mol. The Bertz CT molecular complexity index is 399. The molecule has 0 aromatic rings. The van der Waals surface area contributed by atoms with E-state index in [0.717, 1.165) is 12.8 Å². The van der Waals surface area contributed by atoms with E-state index in [1.807, 2.05) is 13.8 Å². The maximum Gasteiger partial charge on any atom is 1.00 e. The molecule has 1 fully saturated rings. The molecule has 21 heavy (non-hydrogen) atoms. The van der Waals surface area contributed by atoms with Crippen molar-refractivity contribution in [3.63, 3.8) is 0 Å². The Labute approximate surface area is 169 Å². The van der Waals surface area contributed by atoms with Crippen LogP contribution in [0.1, 0.15) is 46.0 Å². The Morgan fingerprint density at radius 3 is 1.81 bits per heavy atom. The van der Waals surface area contributed by atoms with Gasteiger partial charge in [-0.25, -0.2) is 0 Å². The molecule has 1 rings (SSSR count). The van der Waals surface area contributed by atoms with Gasteiger partial charge in [-0.2, -0.15) is 0 Å². The second-order valence-corrected chi connectivity index (χ2v) is 10.0. The van der Waals surface area contributed by atoms with Gasteiger partial charge < -0.3 is 29.2 Å². The van der Waals surface area contributed by atoms with Crippen LogP contribution in [0.3, 0.4) is 0 Å². The molecular formula is C10H20Na2O7P2. The molecule has 0 spiro atoms. The number of rotatable bonds is 4. The molecule has 0 saturated heterocycles. The molecule has 11 heteroatoms. The van der Waals surface area contributed by atoms with Gasteiger partial charge in [0.15, 0.2) is 5.08 Å². The summed E-state index contributed by atoms with van der Waals surface area (Å²) in [4.78, 5) is 40.1. The van der Waals surface area contributed by atoms with Gasteiger partial charge >= 0.3 is 66.7 Å². The van der Waals surface area contributed by atoms with Gasteiger partial charge in [-0.1, -0.05) is 13.8 Å². The van der Waals surface area contributed by atoms with E-state index < -0.39 is 26.7 Å². The van der Waals surface area contributed by atoms with Crippen molar-refractivity contribution in [2.24, 2.45) is 11.3 Å². The maximum absolute atomic E-state index is 11.2. The van der Waals surface area contributed by atoms with Gasteiger partial charge in [-0.05, 0) is 51.0 Å². The average Bonchev–Trinajstić information content (AvgIpc) is 2.17. The minimum Gasteiger partial charge on any atom is -0.808 e. The predicted octanol–water partition coefficient (Wildman–Crippen LogP) is -5.66. The van der Waals surface area contributed by atoms with Crippen LogP contribution < -0.4 is 68.9 Å². The third-order valence-corrected chi connectivity index (χ3v) is 7.62. The van der Waals surface area contributed by atoms with E-state index in [-0.39, 0.29) is 70.4 Å². The summed E-state index contributed by atoms with van der Waals surface area (Å²) >= 11 is 0. The van der Waals surface area contributed by atoms with Crippen LogP contribution in [0.25, 0.3) is 0 Å². The fourth-order valence-electron chi connectivity index (χ4n) is 2.44. The Morgan fingerprint density at radius 1 is 1.14 bits per heavy atom. The predicted molar refractivity (Wildman–Crippen MR) is 65.0 cm³/mol. The Balaban J connectivity index is 0. The summed E-state index contributed by atoms with van der Waals surface area (Å²) in [6.45, 7) is 4.09. The molecule has 1 saturated carbocycles. The molecule has 0 heterocycles. The first-order valence-electron chi connectivity index (χ1n) is 6.09. The zero-order chi connectivity index (χ0) is 15.1. The molecule has 114 valence electrons. The van der Waals surface area contributed by atoms with E-state index in [1.54, 1.807) is 0 Å². The van der Waals surface area contributed by atoms with Gasteiger partial charge in [0, 0.05) is 0 Å². The molecule has 0 bridgehead atoms. The van der Waals surface area contributed by atoms with Crippen LogP contribution in [0.4, 0.5) is 0 Å². The average molecular weight is 360 g/mol. The topological polar surface area (TPSA) is 141 Å². The molecule has 0 radical (unpaired) electrons. The largest absolute Gasteiger partial charge is 1.00 e. The molecule has 3 N–H and O–H groups in total. The minimum atomic E-state index is -5.82. The zero-order valence-electron chi connectivity index (χ0n) is 13.0. The summed E-state index contributed by atoms with van der Waals surface area (Å²) in [6.07, 6.45) is 1.90. The number of hydrogen-bond donors (Lipinski definition) is 3. The fraction of sp³-hybridized carbons (Fsp3) is 1.00. The van der Waals surface area contributed by atoms with Crippen molar-refractivity contribution in [3.8, 4) is 0 Å². The van der Waals surface area contributed by atoms with Crippen LogP contribution in [-0.4, -0.2) is 20.0 Å². The van der Waals surface area contributed by atoms with Crippen LogP contribution in [0.5, 0.6) is 0 Å². The van der Waals surface area contributed by atoms with Crippen molar-refractivity contribution in [3.05, 3.63) is 0 Å². The van der Waals surface area contributed by atoms with Gasteiger partial charge in [0.25, 0.3) is 0 Å². The molecule has 0 aromatic carbocycles. The first kappa shape index (κ1) is 25.5. The van der Waals surface area contributed by atoms with Gasteiger partial charge in [0.2, 0.25) is 0 Å². The zero-order valence-corrected chi connectivity index (χ0v) is 18.8. The van der Waals surface area contributed by atoms with Gasteiger partial charge in [0.05, 0.1) is 0 Å². The SMILES string of the molecule is CC1(C)CCC(CC(O)(P(=O)([O-])[O-])P(=O)(O)O)CC1.[Na+].[Na+]. The second-order valence-electron chi connectivity index (χ2n) is 6.13. The molecule has 0 amide bonds.